The van der Waals surface area contributed by atoms with Gasteiger partial charge in [-0.25, -0.2) is 0 Å². The van der Waals surface area contributed by atoms with E-state index in [9.17, 15) is 13.2 Å². The summed E-state index contributed by atoms with van der Waals surface area (Å²) >= 11 is 2.92. The predicted molar refractivity (Wildman–Crippen MR) is 77.7 cm³/mol. The summed E-state index contributed by atoms with van der Waals surface area (Å²) in [6.45, 7) is 2.70. The van der Waals surface area contributed by atoms with Crippen LogP contribution < -0.4 is 5.73 Å². The van der Waals surface area contributed by atoms with Crippen LogP contribution in [-0.2, 0) is 19.1 Å². The maximum atomic E-state index is 12.9. The number of aryl methyl sites for hydroxylation is 1. The molecule has 2 rings (SSSR count). The van der Waals surface area contributed by atoms with Crippen LogP contribution in [0.4, 0.5) is 13.2 Å². The van der Waals surface area contributed by atoms with Crippen LogP contribution in [0.25, 0.3) is 0 Å². The first-order valence-electron chi connectivity index (χ1n) is 6.44. The summed E-state index contributed by atoms with van der Waals surface area (Å²) < 4.78 is 40.4. The van der Waals surface area contributed by atoms with E-state index >= 15 is 0 Å². The molecular formula is C14H15BrF3N3. The van der Waals surface area contributed by atoms with Gasteiger partial charge in [0.1, 0.15) is 0 Å². The number of halogens is 4. The normalized spacial score (nSPS) is 13.4. The molecule has 1 heterocycles. The van der Waals surface area contributed by atoms with Crippen LogP contribution in [0.15, 0.2) is 35.1 Å². The van der Waals surface area contributed by atoms with Gasteiger partial charge in [0.15, 0.2) is 0 Å². The highest BCUT2D eigenvalue weighted by Crippen LogP contribution is 2.36. The molecule has 3 nitrogen and oxygen atoms in total. The molecule has 0 bridgehead atoms. The summed E-state index contributed by atoms with van der Waals surface area (Å²) in [6, 6.07) is 3.58. The van der Waals surface area contributed by atoms with Crippen molar-refractivity contribution < 1.29 is 13.2 Å². The molecule has 1 atom stereocenters. The average molecular weight is 362 g/mol. The van der Waals surface area contributed by atoms with Gasteiger partial charge in [0, 0.05) is 23.3 Å². The lowest BCUT2D eigenvalue weighted by molar-refractivity contribution is -0.138. The summed E-state index contributed by atoms with van der Waals surface area (Å²) in [6.07, 6.45) is -0.420. The van der Waals surface area contributed by atoms with Crippen LogP contribution in [0.1, 0.15) is 29.7 Å². The van der Waals surface area contributed by atoms with Crippen molar-refractivity contribution in [3.8, 4) is 0 Å². The van der Waals surface area contributed by atoms with Gasteiger partial charge >= 0.3 is 6.18 Å². The summed E-state index contributed by atoms with van der Waals surface area (Å²) in [5.74, 6) is 0. The molecule has 1 aromatic carbocycles. The van der Waals surface area contributed by atoms with E-state index in [2.05, 4.69) is 21.0 Å². The number of nitrogens with zero attached hydrogens (tertiary/aromatic N) is 2. The highest BCUT2D eigenvalue weighted by Gasteiger charge is 2.33. The van der Waals surface area contributed by atoms with Gasteiger partial charge in [-0.2, -0.15) is 18.3 Å². The molecule has 7 heteroatoms. The molecule has 0 saturated heterocycles. The highest BCUT2D eigenvalue weighted by atomic mass is 79.9. The van der Waals surface area contributed by atoms with Gasteiger partial charge in [-0.05, 0) is 36.6 Å². The van der Waals surface area contributed by atoms with Crippen LogP contribution in [0.3, 0.4) is 0 Å². The first kappa shape index (κ1) is 16.0. The van der Waals surface area contributed by atoms with E-state index in [1.165, 1.54) is 6.07 Å². The number of nitrogens with two attached hydrogens (primary N) is 1. The summed E-state index contributed by atoms with van der Waals surface area (Å²) in [7, 11) is 0. The van der Waals surface area contributed by atoms with E-state index < -0.39 is 17.8 Å². The Balaban J connectivity index is 2.21. The number of hydrogen-bond donors (Lipinski definition) is 1. The van der Waals surface area contributed by atoms with E-state index in [1.54, 1.807) is 16.9 Å². The molecule has 1 aromatic heterocycles. The second-order valence-corrected chi connectivity index (χ2v) is 5.61. The molecule has 2 N–H and O–H groups in total. The number of rotatable bonds is 4. The Hall–Kier alpha value is -1.34. The minimum absolute atomic E-state index is 0.0183. The van der Waals surface area contributed by atoms with Crippen molar-refractivity contribution in [1.82, 2.24) is 9.78 Å². The molecule has 0 amide bonds. The van der Waals surface area contributed by atoms with Gasteiger partial charge in [-0.3, -0.25) is 4.68 Å². The zero-order chi connectivity index (χ0) is 15.6. The Morgan fingerprint density at radius 3 is 2.67 bits per heavy atom. The van der Waals surface area contributed by atoms with Crippen LogP contribution in [0.5, 0.6) is 0 Å². The summed E-state index contributed by atoms with van der Waals surface area (Å²) in [5, 5.41) is 4.13. The summed E-state index contributed by atoms with van der Waals surface area (Å²) in [5.41, 5.74) is 6.67. The summed E-state index contributed by atoms with van der Waals surface area (Å²) in [4.78, 5) is 0. The van der Waals surface area contributed by atoms with E-state index in [0.29, 0.717) is 12.0 Å². The third-order valence-electron chi connectivity index (χ3n) is 3.19. The Morgan fingerprint density at radius 1 is 1.38 bits per heavy atom. The van der Waals surface area contributed by atoms with Gasteiger partial charge in [-0.1, -0.05) is 22.0 Å². The van der Waals surface area contributed by atoms with Crippen molar-refractivity contribution >= 4 is 15.9 Å². The van der Waals surface area contributed by atoms with E-state index in [4.69, 9.17) is 5.73 Å². The molecule has 21 heavy (non-hydrogen) atoms. The standard InChI is InChI=1S/C14H15BrF3N3/c1-2-21-8-9(7-20-21)5-13(19)10-3-4-12(15)11(6-10)14(16,17)18/h3-4,6-8,13H,2,5,19H2,1H3. The van der Waals surface area contributed by atoms with Crippen molar-refractivity contribution in [1.29, 1.82) is 0 Å². The number of hydrogen-bond acceptors (Lipinski definition) is 2. The Bertz CT molecular complexity index is 622. The maximum Gasteiger partial charge on any atom is 0.417 e. The van der Waals surface area contributed by atoms with E-state index in [-0.39, 0.29) is 4.47 Å². The topological polar surface area (TPSA) is 43.8 Å². The molecule has 0 radical (unpaired) electrons. The molecule has 2 aromatic rings. The highest BCUT2D eigenvalue weighted by molar-refractivity contribution is 9.10. The van der Waals surface area contributed by atoms with E-state index in [0.717, 1.165) is 18.2 Å². The number of aromatic nitrogens is 2. The quantitative estimate of drug-likeness (QED) is 0.896. The SMILES string of the molecule is CCn1cc(CC(N)c2ccc(Br)c(C(F)(F)F)c2)cn1. The lowest BCUT2D eigenvalue weighted by Crippen LogP contribution is -2.15. The average Bonchev–Trinajstić information content (AvgIpc) is 2.85. The molecule has 0 aliphatic rings. The molecule has 114 valence electrons. The molecule has 0 aliphatic heterocycles. The van der Waals surface area contributed by atoms with Crippen molar-refractivity contribution in [2.24, 2.45) is 5.73 Å². The second kappa shape index (κ2) is 6.19. The minimum atomic E-state index is -4.40. The number of alkyl halides is 3. The van der Waals surface area contributed by atoms with Crippen LogP contribution in [-0.4, -0.2) is 9.78 Å². The van der Waals surface area contributed by atoms with Crippen LogP contribution in [0, 0.1) is 0 Å². The largest absolute Gasteiger partial charge is 0.417 e. The predicted octanol–water partition coefficient (Wildman–Crippen LogP) is 3.93. The Labute approximate surface area is 129 Å². The Morgan fingerprint density at radius 2 is 2.10 bits per heavy atom. The van der Waals surface area contributed by atoms with Crippen molar-refractivity contribution in [3.05, 3.63) is 51.8 Å². The van der Waals surface area contributed by atoms with Crippen molar-refractivity contribution in [2.75, 3.05) is 0 Å². The van der Waals surface area contributed by atoms with Gasteiger partial charge in [0.05, 0.1) is 11.8 Å². The van der Waals surface area contributed by atoms with E-state index in [1.807, 2.05) is 13.1 Å². The molecule has 1 unspecified atom stereocenters. The van der Waals surface area contributed by atoms with Crippen LogP contribution >= 0.6 is 15.9 Å². The van der Waals surface area contributed by atoms with Crippen molar-refractivity contribution in [3.63, 3.8) is 0 Å². The fourth-order valence-corrected chi connectivity index (χ4v) is 2.52. The molecule has 0 fully saturated rings. The van der Waals surface area contributed by atoms with Crippen molar-refractivity contribution in [2.45, 2.75) is 32.1 Å². The molecule has 0 saturated carbocycles. The fraction of sp³-hybridized carbons (Fsp3) is 0.357. The van der Waals surface area contributed by atoms with Gasteiger partial charge in [0.25, 0.3) is 0 Å². The number of benzene rings is 1. The lowest BCUT2D eigenvalue weighted by atomic mass is 9.99. The first-order valence-corrected chi connectivity index (χ1v) is 7.24. The molecule has 0 spiro atoms. The van der Waals surface area contributed by atoms with Gasteiger partial charge in [-0.15, -0.1) is 0 Å². The second-order valence-electron chi connectivity index (χ2n) is 4.75. The smallest absolute Gasteiger partial charge is 0.324 e. The molecule has 0 aliphatic carbocycles. The third kappa shape index (κ3) is 3.85. The van der Waals surface area contributed by atoms with Gasteiger partial charge < -0.3 is 5.73 Å². The minimum Gasteiger partial charge on any atom is -0.324 e. The fourth-order valence-electron chi connectivity index (χ4n) is 2.05. The monoisotopic (exact) mass is 361 g/mol. The Kier molecular flexibility index (Phi) is 4.73. The van der Waals surface area contributed by atoms with Crippen LogP contribution in [0.2, 0.25) is 0 Å². The molecular weight excluding hydrogens is 347 g/mol. The third-order valence-corrected chi connectivity index (χ3v) is 3.88. The zero-order valence-electron chi connectivity index (χ0n) is 11.4. The zero-order valence-corrected chi connectivity index (χ0v) is 12.9. The van der Waals surface area contributed by atoms with Gasteiger partial charge in [0.2, 0.25) is 0 Å². The maximum absolute atomic E-state index is 12.9. The first-order chi connectivity index (χ1) is 9.81. The lowest BCUT2D eigenvalue weighted by Gasteiger charge is -2.15.